The number of fused-ring (bicyclic) bond motifs is 1. The average Bonchev–Trinajstić information content (AvgIpc) is 2.72. The van der Waals surface area contributed by atoms with Crippen molar-refractivity contribution < 1.29 is 0 Å². The largest absolute Gasteiger partial charge is 0.316 e. The second kappa shape index (κ2) is 4.38. The minimum Gasteiger partial charge on any atom is -0.316 e. The lowest BCUT2D eigenvalue weighted by Gasteiger charge is -2.19. The Labute approximate surface area is 118 Å². The summed E-state index contributed by atoms with van der Waals surface area (Å²) in [6.07, 6.45) is 0. The van der Waals surface area contributed by atoms with Crippen molar-refractivity contribution in [1.82, 2.24) is 10.2 Å². The molecule has 2 aliphatic rings. The molecule has 1 heterocycles. The Bertz CT molecular complexity index is 475. The third-order valence-corrected chi connectivity index (χ3v) is 5.24. The predicted molar refractivity (Wildman–Crippen MR) is 76.5 cm³/mol. The molecular weight excluding hydrogens is 267 g/mol. The van der Waals surface area contributed by atoms with Crippen LogP contribution in [0.25, 0.3) is 0 Å². The van der Waals surface area contributed by atoms with Gasteiger partial charge in [-0.1, -0.05) is 29.3 Å². The standard InChI is InChI=1S/C14H18Cl2N2/c1-18(2)7-11-10-6-17-8-14(10,11)9-3-4-12(15)13(16)5-9/h3-5,10-11,17H,6-8H2,1-2H3/t10-,11+,14+/m1/s1. The Morgan fingerprint density at radius 2 is 2.11 bits per heavy atom. The maximum Gasteiger partial charge on any atom is 0.0595 e. The molecule has 0 spiro atoms. The van der Waals surface area contributed by atoms with Crippen LogP contribution in [0.1, 0.15) is 5.56 Å². The van der Waals surface area contributed by atoms with E-state index >= 15 is 0 Å². The third-order valence-electron chi connectivity index (χ3n) is 4.50. The number of hydrogen-bond acceptors (Lipinski definition) is 2. The zero-order chi connectivity index (χ0) is 12.9. The molecule has 1 aliphatic carbocycles. The van der Waals surface area contributed by atoms with E-state index in [2.05, 4.69) is 36.4 Å². The summed E-state index contributed by atoms with van der Waals surface area (Å²) in [4.78, 5) is 2.28. The molecule has 0 radical (unpaired) electrons. The third kappa shape index (κ3) is 1.78. The van der Waals surface area contributed by atoms with Crippen molar-refractivity contribution in [3.63, 3.8) is 0 Å². The predicted octanol–water partition coefficient (Wildman–Crippen LogP) is 2.64. The molecule has 18 heavy (non-hydrogen) atoms. The smallest absolute Gasteiger partial charge is 0.0595 e. The summed E-state index contributed by atoms with van der Waals surface area (Å²) in [5.41, 5.74) is 1.64. The monoisotopic (exact) mass is 284 g/mol. The van der Waals surface area contributed by atoms with Gasteiger partial charge in [-0.05, 0) is 50.2 Å². The molecule has 0 unspecified atom stereocenters. The van der Waals surface area contributed by atoms with Crippen LogP contribution in [0.3, 0.4) is 0 Å². The number of nitrogens with zero attached hydrogens (tertiary/aromatic N) is 1. The summed E-state index contributed by atoms with van der Waals surface area (Å²) in [6.45, 7) is 3.33. The SMILES string of the molecule is CN(C)C[C@H]1[C@H]2CNC[C@]21c1ccc(Cl)c(Cl)c1. The van der Waals surface area contributed by atoms with Crippen LogP contribution in [0.15, 0.2) is 18.2 Å². The van der Waals surface area contributed by atoms with Crippen LogP contribution in [0.4, 0.5) is 0 Å². The van der Waals surface area contributed by atoms with Gasteiger partial charge in [-0.25, -0.2) is 0 Å². The maximum atomic E-state index is 6.16. The van der Waals surface area contributed by atoms with E-state index in [9.17, 15) is 0 Å². The summed E-state index contributed by atoms with van der Waals surface area (Å²) in [6, 6.07) is 6.12. The summed E-state index contributed by atoms with van der Waals surface area (Å²) in [5, 5.41) is 4.82. The molecular formula is C14H18Cl2N2. The lowest BCUT2D eigenvalue weighted by atomic mass is 9.93. The van der Waals surface area contributed by atoms with Gasteiger partial charge in [0.05, 0.1) is 10.0 Å². The van der Waals surface area contributed by atoms with E-state index in [1.54, 1.807) is 0 Å². The average molecular weight is 285 g/mol. The van der Waals surface area contributed by atoms with Gasteiger partial charge in [-0.2, -0.15) is 0 Å². The van der Waals surface area contributed by atoms with Gasteiger partial charge in [0.25, 0.3) is 0 Å². The van der Waals surface area contributed by atoms with Gasteiger partial charge < -0.3 is 10.2 Å². The highest BCUT2D eigenvalue weighted by Crippen LogP contribution is 2.62. The number of benzene rings is 1. The van der Waals surface area contributed by atoms with Gasteiger partial charge in [0.15, 0.2) is 0 Å². The van der Waals surface area contributed by atoms with Crippen LogP contribution >= 0.6 is 23.2 Å². The molecule has 4 heteroatoms. The first-order valence-electron chi connectivity index (χ1n) is 6.36. The number of hydrogen-bond donors (Lipinski definition) is 1. The lowest BCUT2D eigenvalue weighted by Crippen LogP contribution is -2.28. The van der Waals surface area contributed by atoms with E-state index < -0.39 is 0 Å². The fraction of sp³-hybridized carbons (Fsp3) is 0.571. The molecule has 98 valence electrons. The van der Waals surface area contributed by atoms with Crippen molar-refractivity contribution in [2.45, 2.75) is 5.41 Å². The zero-order valence-electron chi connectivity index (χ0n) is 10.7. The molecule has 1 aromatic rings. The van der Waals surface area contributed by atoms with Crippen molar-refractivity contribution in [3.05, 3.63) is 33.8 Å². The molecule has 0 aromatic heterocycles. The van der Waals surface area contributed by atoms with E-state index in [1.165, 1.54) is 5.56 Å². The molecule has 0 amide bonds. The second-order valence-electron chi connectivity index (χ2n) is 5.78. The van der Waals surface area contributed by atoms with Crippen LogP contribution in [0.5, 0.6) is 0 Å². The van der Waals surface area contributed by atoms with Crippen LogP contribution in [0.2, 0.25) is 10.0 Å². The fourth-order valence-corrected chi connectivity index (χ4v) is 3.92. The number of nitrogens with one attached hydrogen (secondary N) is 1. The molecule has 3 atom stereocenters. The van der Waals surface area contributed by atoms with E-state index in [4.69, 9.17) is 23.2 Å². The Kier molecular flexibility index (Phi) is 3.10. The Balaban J connectivity index is 1.92. The highest BCUT2D eigenvalue weighted by molar-refractivity contribution is 6.42. The van der Waals surface area contributed by atoms with Crippen molar-refractivity contribution >= 4 is 23.2 Å². The van der Waals surface area contributed by atoms with Crippen molar-refractivity contribution in [2.75, 3.05) is 33.7 Å². The topological polar surface area (TPSA) is 15.3 Å². The molecule has 1 saturated heterocycles. The summed E-state index contributed by atoms with van der Waals surface area (Å²) < 4.78 is 0. The first kappa shape index (κ1) is 12.7. The lowest BCUT2D eigenvalue weighted by molar-refractivity contribution is 0.355. The fourth-order valence-electron chi connectivity index (χ4n) is 3.63. The van der Waals surface area contributed by atoms with Crippen molar-refractivity contribution in [2.24, 2.45) is 11.8 Å². The molecule has 1 N–H and O–H groups in total. The van der Waals surface area contributed by atoms with Crippen LogP contribution in [-0.2, 0) is 5.41 Å². The molecule has 3 rings (SSSR count). The molecule has 2 nitrogen and oxygen atoms in total. The molecule has 1 aromatic carbocycles. The quantitative estimate of drug-likeness (QED) is 0.918. The summed E-state index contributed by atoms with van der Waals surface area (Å²) in [5.74, 6) is 1.49. The van der Waals surface area contributed by atoms with Gasteiger partial charge in [-0.3, -0.25) is 0 Å². The van der Waals surface area contributed by atoms with Crippen LogP contribution < -0.4 is 5.32 Å². The van der Waals surface area contributed by atoms with Gasteiger partial charge in [0.2, 0.25) is 0 Å². The number of piperidine rings is 1. The van der Waals surface area contributed by atoms with E-state index in [0.29, 0.717) is 15.5 Å². The van der Waals surface area contributed by atoms with E-state index in [0.717, 1.165) is 31.5 Å². The molecule has 1 aliphatic heterocycles. The van der Waals surface area contributed by atoms with Gasteiger partial charge in [0.1, 0.15) is 0 Å². The highest BCUT2D eigenvalue weighted by Gasteiger charge is 2.67. The molecule has 0 bridgehead atoms. The van der Waals surface area contributed by atoms with Gasteiger partial charge in [0, 0.05) is 18.5 Å². The Morgan fingerprint density at radius 3 is 2.78 bits per heavy atom. The first-order chi connectivity index (χ1) is 8.55. The zero-order valence-corrected chi connectivity index (χ0v) is 12.2. The second-order valence-corrected chi connectivity index (χ2v) is 6.59. The normalized spacial score (nSPS) is 33.8. The number of halogens is 2. The van der Waals surface area contributed by atoms with Crippen molar-refractivity contribution in [3.8, 4) is 0 Å². The van der Waals surface area contributed by atoms with E-state index in [1.807, 2.05) is 6.07 Å². The van der Waals surface area contributed by atoms with Crippen LogP contribution in [-0.4, -0.2) is 38.6 Å². The molecule has 1 saturated carbocycles. The Hall–Kier alpha value is -0.280. The van der Waals surface area contributed by atoms with Gasteiger partial charge >= 0.3 is 0 Å². The van der Waals surface area contributed by atoms with E-state index in [-0.39, 0.29) is 0 Å². The minimum atomic E-state index is 0.290. The minimum absolute atomic E-state index is 0.290. The maximum absolute atomic E-state index is 6.16. The summed E-state index contributed by atoms with van der Waals surface area (Å²) >= 11 is 12.2. The molecule has 2 fully saturated rings. The van der Waals surface area contributed by atoms with Gasteiger partial charge in [-0.15, -0.1) is 0 Å². The first-order valence-corrected chi connectivity index (χ1v) is 7.12. The summed E-state index contributed by atoms with van der Waals surface area (Å²) in [7, 11) is 4.29. The number of rotatable bonds is 3. The Morgan fingerprint density at radius 1 is 1.33 bits per heavy atom. The highest BCUT2D eigenvalue weighted by atomic mass is 35.5. The van der Waals surface area contributed by atoms with Crippen molar-refractivity contribution in [1.29, 1.82) is 0 Å². The van der Waals surface area contributed by atoms with Crippen LogP contribution in [0, 0.1) is 11.8 Å².